The maximum absolute atomic E-state index is 5.50. The molecule has 2 unspecified atom stereocenters. The molecule has 106 valence electrons. The van der Waals surface area contributed by atoms with E-state index in [-0.39, 0.29) is 17.4 Å². The van der Waals surface area contributed by atoms with Crippen molar-refractivity contribution in [2.75, 3.05) is 7.05 Å². The first-order chi connectivity index (χ1) is 9.64. The van der Waals surface area contributed by atoms with Crippen LogP contribution in [0.2, 0.25) is 0 Å². The minimum Gasteiger partial charge on any atom is -0.339 e. The minimum atomic E-state index is 0.144. The van der Waals surface area contributed by atoms with Gasteiger partial charge in [-0.15, -0.1) is 0 Å². The smallest absolute Gasteiger partial charge is 0.231 e. The summed E-state index contributed by atoms with van der Waals surface area (Å²) in [6.45, 7) is 4.32. The summed E-state index contributed by atoms with van der Waals surface area (Å²) in [5.41, 5.74) is 1.39. The van der Waals surface area contributed by atoms with E-state index >= 15 is 0 Å². The molecule has 0 saturated heterocycles. The zero-order chi connectivity index (χ0) is 14.2. The van der Waals surface area contributed by atoms with Crippen LogP contribution >= 0.6 is 0 Å². The van der Waals surface area contributed by atoms with Gasteiger partial charge in [0.25, 0.3) is 0 Å². The highest BCUT2D eigenvalue weighted by Crippen LogP contribution is 2.46. The fourth-order valence-corrected chi connectivity index (χ4v) is 2.58. The molecule has 1 heterocycles. The van der Waals surface area contributed by atoms with E-state index in [0.29, 0.717) is 0 Å². The fraction of sp³-hybridized carbons (Fsp3) is 0.500. The zero-order valence-corrected chi connectivity index (χ0v) is 12.3. The molecular formula is C16H21N3O. The second kappa shape index (κ2) is 5.02. The van der Waals surface area contributed by atoms with Crippen LogP contribution in [-0.4, -0.2) is 17.2 Å². The van der Waals surface area contributed by atoms with Gasteiger partial charge in [0.2, 0.25) is 5.89 Å². The Kier molecular flexibility index (Phi) is 3.34. The molecule has 20 heavy (non-hydrogen) atoms. The Hall–Kier alpha value is -1.68. The van der Waals surface area contributed by atoms with E-state index in [9.17, 15) is 0 Å². The molecule has 2 aromatic rings. The summed E-state index contributed by atoms with van der Waals surface area (Å²) in [6.07, 6.45) is 2.32. The van der Waals surface area contributed by atoms with E-state index in [2.05, 4.69) is 53.6 Å². The maximum atomic E-state index is 5.50. The summed E-state index contributed by atoms with van der Waals surface area (Å²) < 4.78 is 5.50. The van der Waals surface area contributed by atoms with E-state index < -0.39 is 0 Å². The third kappa shape index (κ3) is 2.36. The monoisotopic (exact) mass is 271 g/mol. The van der Waals surface area contributed by atoms with E-state index in [1.807, 2.05) is 13.1 Å². The van der Waals surface area contributed by atoms with Gasteiger partial charge in [-0.05, 0) is 25.5 Å². The molecular weight excluding hydrogens is 250 g/mol. The largest absolute Gasteiger partial charge is 0.339 e. The van der Waals surface area contributed by atoms with Crippen LogP contribution in [-0.2, 0) is 5.41 Å². The molecule has 1 saturated carbocycles. The van der Waals surface area contributed by atoms with Gasteiger partial charge in [0.1, 0.15) is 0 Å². The first-order valence-corrected chi connectivity index (χ1v) is 7.20. The maximum Gasteiger partial charge on any atom is 0.231 e. The number of likely N-dealkylation sites (N-methyl/N-ethyl adjacent to an activating group) is 1. The highest BCUT2D eigenvalue weighted by Gasteiger charge is 2.44. The SMILES string of the molecule is CNC(c1ccccc1)C(C)c1nc(C2(C)CC2)no1. The van der Waals surface area contributed by atoms with Crippen molar-refractivity contribution in [3.05, 3.63) is 47.6 Å². The molecule has 1 fully saturated rings. The topological polar surface area (TPSA) is 51.0 Å². The van der Waals surface area contributed by atoms with E-state index in [1.54, 1.807) is 0 Å². The third-order valence-corrected chi connectivity index (χ3v) is 4.34. The summed E-state index contributed by atoms with van der Waals surface area (Å²) in [5, 5.41) is 7.52. The molecule has 4 nitrogen and oxygen atoms in total. The first-order valence-electron chi connectivity index (χ1n) is 7.20. The number of benzene rings is 1. The van der Waals surface area contributed by atoms with Crippen LogP contribution in [0.4, 0.5) is 0 Å². The molecule has 1 aromatic heterocycles. The van der Waals surface area contributed by atoms with E-state index in [1.165, 1.54) is 5.56 Å². The lowest BCUT2D eigenvalue weighted by Gasteiger charge is -2.21. The van der Waals surface area contributed by atoms with Gasteiger partial charge in [0.05, 0.1) is 5.92 Å². The molecule has 1 aromatic carbocycles. The Balaban J connectivity index is 1.83. The Morgan fingerprint density at radius 1 is 1.25 bits per heavy atom. The molecule has 1 aliphatic carbocycles. The Labute approximate surface area is 119 Å². The van der Waals surface area contributed by atoms with Crippen LogP contribution in [0.25, 0.3) is 0 Å². The van der Waals surface area contributed by atoms with Gasteiger partial charge in [-0.1, -0.05) is 49.3 Å². The van der Waals surface area contributed by atoms with Crippen LogP contribution in [0, 0.1) is 0 Å². The van der Waals surface area contributed by atoms with E-state index in [0.717, 1.165) is 24.6 Å². The summed E-state index contributed by atoms with van der Waals surface area (Å²) in [5.74, 6) is 1.73. The Morgan fingerprint density at radius 3 is 2.55 bits per heavy atom. The summed E-state index contributed by atoms with van der Waals surface area (Å²) in [7, 11) is 1.97. The van der Waals surface area contributed by atoms with Crippen LogP contribution in [0.3, 0.4) is 0 Å². The van der Waals surface area contributed by atoms with Gasteiger partial charge < -0.3 is 9.84 Å². The quantitative estimate of drug-likeness (QED) is 0.907. The second-order valence-electron chi connectivity index (χ2n) is 5.98. The number of rotatable bonds is 5. The summed E-state index contributed by atoms with van der Waals surface area (Å²) >= 11 is 0. The average molecular weight is 271 g/mol. The van der Waals surface area contributed by atoms with Crippen LogP contribution in [0.5, 0.6) is 0 Å². The highest BCUT2D eigenvalue weighted by molar-refractivity contribution is 5.22. The Morgan fingerprint density at radius 2 is 1.95 bits per heavy atom. The molecule has 0 radical (unpaired) electrons. The predicted molar refractivity (Wildman–Crippen MR) is 77.5 cm³/mol. The highest BCUT2D eigenvalue weighted by atomic mass is 16.5. The van der Waals surface area contributed by atoms with Crippen molar-refractivity contribution >= 4 is 0 Å². The van der Waals surface area contributed by atoms with Crippen molar-refractivity contribution in [1.29, 1.82) is 0 Å². The number of nitrogens with one attached hydrogen (secondary N) is 1. The van der Waals surface area contributed by atoms with Crippen molar-refractivity contribution in [2.24, 2.45) is 0 Å². The standard InChI is InChI=1S/C16H21N3O/c1-11(13(17-3)12-7-5-4-6-8-12)14-18-15(19-20-14)16(2)9-10-16/h4-8,11,13,17H,9-10H2,1-3H3. The number of aromatic nitrogens is 2. The molecule has 2 atom stereocenters. The van der Waals surface area contributed by atoms with Crippen molar-refractivity contribution in [2.45, 2.75) is 44.1 Å². The lowest BCUT2D eigenvalue weighted by atomic mass is 9.94. The van der Waals surface area contributed by atoms with Crippen LogP contribution in [0.1, 0.15) is 55.9 Å². The van der Waals surface area contributed by atoms with Crippen LogP contribution < -0.4 is 5.32 Å². The Bertz CT molecular complexity index is 574. The first kappa shape index (κ1) is 13.3. The molecule has 1 N–H and O–H groups in total. The van der Waals surface area contributed by atoms with Gasteiger partial charge in [0.15, 0.2) is 5.82 Å². The number of hydrogen-bond acceptors (Lipinski definition) is 4. The summed E-state index contributed by atoms with van der Waals surface area (Å²) in [6, 6.07) is 10.6. The molecule has 0 aliphatic heterocycles. The molecule has 0 spiro atoms. The minimum absolute atomic E-state index is 0.144. The average Bonchev–Trinajstić information content (AvgIpc) is 3.04. The molecule has 3 rings (SSSR count). The van der Waals surface area contributed by atoms with Crippen molar-refractivity contribution in [3.8, 4) is 0 Å². The third-order valence-electron chi connectivity index (χ3n) is 4.34. The van der Waals surface area contributed by atoms with Crippen molar-refractivity contribution < 1.29 is 4.52 Å². The van der Waals surface area contributed by atoms with Crippen molar-refractivity contribution in [3.63, 3.8) is 0 Å². The number of nitrogens with zero attached hydrogens (tertiary/aromatic N) is 2. The molecule has 0 amide bonds. The van der Waals surface area contributed by atoms with E-state index in [4.69, 9.17) is 4.52 Å². The zero-order valence-electron chi connectivity index (χ0n) is 12.3. The van der Waals surface area contributed by atoms with Gasteiger partial charge in [-0.3, -0.25) is 0 Å². The molecule has 4 heteroatoms. The van der Waals surface area contributed by atoms with Crippen molar-refractivity contribution in [1.82, 2.24) is 15.5 Å². The normalized spacial score (nSPS) is 19.6. The van der Waals surface area contributed by atoms with Gasteiger partial charge >= 0.3 is 0 Å². The fourth-order valence-electron chi connectivity index (χ4n) is 2.58. The van der Waals surface area contributed by atoms with Crippen LogP contribution in [0.15, 0.2) is 34.9 Å². The predicted octanol–water partition coefficient (Wildman–Crippen LogP) is 3.19. The molecule has 0 bridgehead atoms. The van der Waals surface area contributed by atoms with Gasteiger partial charge in [-0.25, -0.2) is 0 Å². The summed E-state index contributed by atoms with van der Waals surface area (Å²) in [4.78, 5) is 4.62. The lowest BCUT2D eigenvalue weighted by molar-refractivity contribution is 0.327. The second-order valence-corrected chi connectivity index (χ2v) is 5.98. The molecule has 1 aliphatic rings. The number of hydrogen-bond donors (Lipinski definition) is 1. The van der Waals surface area contributed by atoms with Gasteiger partial charge in [0, 0.05) is 11.5 Å². The lowest BCUT2D eigenvalue weighted by Crippen LogP contribution is -2.22. The van der Waals surface area contributed by atoms with Gasteiger partial charge in [-0.2, -0.15) is 4.98 Å².